The molecule has 0 atom stereocenters. The van der Waals surface area contributed by atoms with Crippen LogP contribution in [0.15, 0.2) is 30.5 Å². The second-order valence-electron chi connectivity index (χ2n) is 3.47. The Balaban J connectivity index is 2.37. The molecule has 14 heavy (non-hydrogen) atoms. The number of aromatic nitrogens is 1. The quantitative estimate of drug-likeness (QED) is 0.720. The van der Waals surface area contributed by atoms with Crippen molar-refractivity contribution in [1.29, 1.82) is 0 Å². The lowest BCUT2D eigenvalue weighted by Gasteiger charge is -2.03. The van der Waals surface area contributed by atoms with Gasteiger partial charge in [-0.2, -0.15) is 0 Å². The van der Waals surface area contributed by atoms with Gasteiger partial charge in [-0.15, -0.1) is 0 Å². The summed E-state index contributed by atoms with van der Waals surface area (Å²) in [6.07, 6.45) is 3.09. The van der Waals surface area contributed by atoms with Crippen LogP contribution in [0, 0.1) is 0 Å². The van der Waals surface area contributed by atoms with Gasteiger partial charge < -0.3 is 16.0 Å². The van der Waals surface area contributed by atoms with Crippen LogP contribution in [0.25, 0.3) is 10.9 Å². The maximum Gasteiger partial charge on any atom is 0.0481 e. The van der Waals surface area contributed by atoms with E-state index in [0.29, 0.717) is 0 Å². The molecule has 0 aliphatic rings. The van der Waals surface area contributed by atoms with Crippen LogP contribution in [-0.2, 0) is 6.54 Å². The van der Waals surface area contributed by atoms with Crippen molar-refractivity contribution in [3.63, 3.8) is 0 Å². The van der Waals surface area contributed by atoms with Crippen LogP contribution in [0.2, 0.25) is 0 Å². The van der Waals surface area contributed by atoms with Crippen molar-refractivity contribution in [3.05, 3.63) is 30.5 Å². The summed E-state index contributed by atoms with van der Waals surface area (Å²) < 4.78 is 2.21. The highest BCUT2D eigenvalue weighted by Gasteiger charge is 1.99. The van der Waals surface area contributed by atoms with Crippen LogP contribution in [0.4, 0.5) is 5.69 Å². The van der Waals surface area contributed by atoms with Crippen LogP contribution < -0.4 is 11.5 Å². The van der Waals surface area contributed by atoms with Crippen molar-refractivity contribution in [2.75, 3.05) is 12.3 Å². The molecular weight excluding hydrogens is 174 g/mol. The molecule has 2 rings (SSSR count). The predicted molar refractivity (Wildman–Crippen MR) is 60.0 cm³/mol. The van der Waals surface area contributed by atoms with Crippen molar-refractivity contribution >= 4 is 16.6 Å². The third-order valence-electron chi connectivity index (χ3n) is 2.40. The normalized spacial score (nSPS) is 10.9. The van der Waals surface area contributed by atoms with Crippen LogP contribution in [0.3, 0.4) is 0 Å². The van der Waals surface area contributed by atoms with Crippen molar-refractivity contribution in [2.24, 2.45) is 5.73 Å². The summed E-state index contributed by atoms with van der Waals surface area (Å²) in [5, 5.41) is 1.20. The van der Waals surface area contributed by atoms with Gasteiger partial charge >= 0.3 is 0 Å². The number of hydrogen-bond acceptors (Lipinski definition) is 2. The standard InChI is InChI=1S/C11H15N3/c12-5-1-6-14-7-4-9-8-10(13)2-3-11(9)14/h2-4,7-8H,1,5-6,12-13H2. The molecule has 3 heteroatoms. The number of benzene rings is 1. The molecule has 0 unspecified atom stereocenters. The summed E-state index contributed by atoms with van der Waals surface area (Å²) in [4.78, 5) is 0. The molecule has 2 aromatic rings. The highest BCUT2D eigenvalue weighted by Crippen LogP contribution is 2.18. The lowest BCUT2D eigenvalue weighted by atomic mass is 10.2. The largest absolute Gasteiger partial charge is 0.399 e. The van der Waals surface area contributed by atoms with Crippen LogP contribution in [0.5, 0.6) is 0 Å². The second-order valence-corrected chi connectivity index (χ2v) is 3.47. The highest BCUT2D eigenvalue weighted by molar-refractivity contribution is 5.83. The van der Waals surface area contributed by atoms with Crippen molar-refractivity contribution in [1.82, 2.24) is 4.57 Å². The van der Waals surface area contributed by atoms with E-state index in [1.165, 1.54) is 10.9 Å². The Morgan fingerprint density at radius 3 is 2.86 bits per heavy atom. The molecule has 0 amide bonds. The monoisotopic (exact) mass is 189 g/mol. The smallest absolute Gasteiger partial charge is 0.0481 e. The fourth-order valence-corrected chi connectivity index (χ4v) is 1.68. The fourth-order valence-electron chi connectivity index (χ4n) is 1.68. The summed E-state index contributed by atoms with van der Waals surface area (Å²) in [5.41, 5.74) is 13.2. The summed E-state index contributed by atoms with van der Waals surface area (Å²) >= 11 is 0. The van der Waals surface area contributed by atoms with E-state index in [2.05, 4.69) is 22.9 Å². The molecule has 0 saturated heterocycles. The number of aryl methyl sites for hydroxylation is 1. The minimum atomic E-state index is 0.731. The van der Waals surface area contributed by atoms with Crippen LogP contribution in [0.1, 0.15) is 6.42 Å². The molecule has 4 N–H and O–H groups in total. The van der Waals surface area contributed by atoms with Gasteiger partial charge in [-0.3, -0.25) is 0 Å². The average molecular weight is 189 g/mol. The lowest BCUT2D eigenvalue weighted by Crippen LogP contribution is -2.04. The van der Waals surface area contributed by atoms with E-state index in [1.807, 2.05) is 12.1 Å². The van der Waals surface area contributed by atoms with E-state index in [-0.39, 0.29) is 0 Å². The van der Waals surface area contributed by atoms with Crippen molar-refractivity contribution in [3.8, 4) is 0 Å². The van der Waals surface area contributed by atoms with Crippen LogP contribution in [-0.4, -0.2) is 11.1 Å². The zero-order chi connectivity index (χ0) is 9.97. The average Bonchev–Trinajstić information content (AvgIpc) is 2.57. The number of rotatable bonds is 3. The van der Waals surface area contributed by atoms with E-state index >= 15 is 0 Å². The second kappa shape index (κ2) is 3.72. The van der Waals surface area contributed by atoms with Crippen molar-refractivity contribution in [2.45, 2.75) is 13.0 Å². The Morgan fingerprint density at radius 1 is 1.21 bits per heavy atom. The van der Waals surface area contributed by atoms with Gasteiger partial charge in [0.2, 0.25) is 0 Å². The molecule has 1 heterocycles. The zero-order valence-corrected chi connectivity index (χ0v) is 8.11. The van der Waals surface area contributed by atoms with Crippen LogP contribution >= 0.6 is 0 Å². The minimum absolute atomic E-state index is 0.731. The molecule has 74 valence electrons. The number of nitrogens with two attached hydrogens (primary N) is 2. The Bertz CT molecular complexity index is 431. The highest BCUT2D eigenvalue weighted by atomic mass is 14.9. The molecule has 0 radical (unpaired) electrons. The van der Waals surface area contributed by atoms with Crippen molar-refractivity contribution < 1.29 is 0 Å². The van der Waals surface area contributed by atoms with Gasteiger partial charge in [0.05, 0.1) is 0 Å². The molecule has 0 aliphatic carbocycles. The molecule has 1 aromatic carbocycles. The summed E-state index contributed by atoms with van der Waals surface area (Å²) in [6.45, 7) is 1.71. The van der Waals surface area contributed by atoms with E-state index in [0.717, 1.165) is 25.2 Å². The third-order valence-corrected chi connectivity index (χ3v) is 2.40. The third kappa shape index (κ3) is 1.59. The first-order valence-corrected chi connectivity index (χ1v) is 4.85. The SMILES string of the molecule is NCCCn1ccc2cc(N)ccc21. The van der Waals surface area contributed by atoms with Gasteiger partial charge in [-0.25, -0.2) is 0 Å². The van der Waals surface area contributed by atoms with Gasteiger partial charge in [0, 0.05) is 29.3 Å². The number of hydrogen-bond donors (Lipinski definition) is 2. The first-order valence-electron chi connectivity index (χ1n) is 4.85. The van der Waals surface area contributed by atoms with E-state index in [9.17, 15) is 0 Å². The van der Waals surface area contributed by atoms with E-state index in [1.54, 1.807) is 0 Å². The molecule has 1 aromatic heterocycles. The number of fused-ring (bicyclic) bond motifs is 1. The Labute approximate surface area is 83.3 Å². The summed E-state index contributed by atoms with van der Waals surface area (Å²) in [7, 11) is 0. The molecule has 0 spiro atoms. The van der Waals surface area contributed by atoms with Gasteiger partial charge in [0.1, 0.15) is 0 Å². The molecule has 3 nitrogen and oxygen atoms in total. The van der Waals surface area contributed by atoms with Gasteiger partial charge in [0.15, 0.2) is 0 Å². The van der Waals surface area contributed by atoms with Gasteiger partial charge in [-0.1, -0.05) is 0 Å². The number of anilines is 1. The number of nitrogen functional groups attached to an aromatic ring is 1. The fraction of sp³-hybridized carbons (Fsp3) is 0.273. The first kappa shape index (κ1) is 9.09. The maximum absolute atomic E-state index is 5.70. The Kier molecular flexibility index (Phi) is 2.41. The van der Waals surface area contributed by atoms with E-state index < -0.39 is 0 Å². The number of nitrogens with zero attached hydrogens (tertiary/aromatic N) is 1. The summed E-state index contributed by atoms with van der Waals surface area (Å²) in [5.74, 6) is 0. The molecule has 0 fully saturated rings. The van der Waals surface area contributed by atoms with Gasteiger partial charge in [-0.05, 0) is 37.2 Å². The Hall–Kier alpha value is -1.48. The lowest BCUT2D eigenvalue weighted by molar-refractivity contribution is 0.671. The summed E-state index contributed by atoms with van der Waals surface area (Å²) in [6, 6.07) is 8.07. The molecule has 0 aliphatic heterocycles. The first-order chi connectivity index (χ1) is 6.81. The topological polar surface area (TPSA) is 57.0 Å². The van der Waals surface area contributed by atoms with E-state index in [4.69, 9.17) is 11.5 Å². The predicted octanol–water partition coefficient (Wildman–Crippen LogP) is 1.57. The molecule has 0 bridgehead atoms. The maximum atomic E-state index is 5.70. The Morgan fingerprint density at radius 2 is 2.07 bits per heavy atom. The zero-order valence-electron chi connectivity index (χ0n) is 8.11. The molecular formula is C11H15N3. The van der Waals surface area contributed by atoms with Gasteiger partial charge in [0.25, 0.3) is 0 Å². The molecule has 0 saturated carbocycles. The minimum Gasteiger partial charge on any atom is -0.399 e.